The van der Waals surface area contributed by atoms with Gasteiger partial charge in [0.2, 0.25) is 11.8 Å². The molecule has 30 heavy (non-hydrogen) atoms. The number of hydrogen-bond donors (Lipinski definition) is 2. The first-order chi connectivity index (χ1) is 14.4. The van der Waals surface area contributed by atoms with Crippen LogP contribution in [-0.4, -0.2) is 39.4 Å². The SMILES string of the molecule is COc1cccc(NC(=O)Cc2nnc(SCC(=O)Nc3ccc(C)cc3)n2C)c1. The van der Waals surface area contributed by atoms with Crippen molar-refractivity contribution in [2.45, 2.75) is 18.5 Å². The monoisotopic (exact) mass is 425 g/mol. The molecule has 0 saturated carbocycles. The van der Waals surface area contributed by atoms with Crippen LogP contribution in [0.5, 0.6) is 5.75 Å². The van der Waals surface area contributed by atoms with Crippen LogP contribution < -0.4 is 15.4 Å². The van der Waals surface area contributed by atoms with E-state index < -0.39 is 0 Å². The van der Waals surface area contributed by atoms with Crippen molar-refractivity contribution in [3.8, 4) is 5.75 Å². The lowest BCUT2D eigenvalue weighted by atomic mass is 10.2. The third kappa shape index (κ3) is 5.84. The van der Waals surface area contributed by atoms with Gasteiger partial charge < -0.3 is 19.9 Å². The smallest absolute Gasteiger partial charge is 0.234 e. The number of benzene rings is 2. The van der Waals surface area contributed by atoms with E-state index in [9.17, 15) is 9.59 Å². The third-order valence-corrected chi connectivity index (χ3v) is 5.29. The van der Waals surface area contributed by atoms with Crippen LogP contribution in [-0.2, 0) is 23.1 Å². The molecule has 156 valence electrons. The van der Waals surface area contributed by atoms with Gasteiger partial charge in [0, 0.05) is 24.5 Å². The van der Waals surface area contributed by atoms with E-state index in [1.165, 1.54) is 11.8 Å². The maximum Gasteiger partial charge on any atom is 0.234 e. The standard InChI is InChI=1S/C21H23N5O3S/c1-14-7-9-15(10-8-14)22-20(28)13-30-21-25-24-18(26(21)2)12-19(27)23-16-5-4-6-17(11-16)29-3/h4-11H,12-13H2,1-3H3,(H,22,28)(H,23,27). The van der Waals surface area contributed by atoms with Gasteiger partial charge in [-0.15, -0.1) is 10.2 Å². The number of methoxy groups -OCH3 is 1. The molecule has 2 amide bonds. The molecule has 8 nitrogen and oxygen atoms in total. The van der Waals surface area contributed by atoms with E-state index in [4.69, 9.17) is 4.74 Å². The van der Waals surface area contributed by atoms with Gasteiger partial charge in [0.1, 0.15) is 11.6 Å². The summed E-state index contributed by atoms with van der Waals surface area (Å²) in [5.74, 6) is 1.01. The highest BCUT2D eigenvalue weighted by atomic mass is 32.2. The van der Waals surface area contributed by atoms with Crippen LogP contribution in [0.3, 0.4) is 0 Å². The molecule has 0 radical (unpaired) electrons. The van der Waals surface area contributed by atoms with Gasteiger partial charge in [0.15, 0.2) is 5.16 Å². The number of thioether (sulfide) groups is 1. The van der Waals surface area contributed by atoms with Crippen LogP contribution in [0.1, 0.15) is 11.4 Å². The van der Waals surface area contributed by atoms with Gasteiger partial charge in [0.25, 0.3) is 0 Å². The van der Waals surface area contributed by atoms with Crippen LogP contribution in [0.15, 0.2) is 53.7 Å². The highest BCUT2D eigenvalue weighted by molar-refractivity contribution is 7.99. The lowest BCUT2D eigenvalue weighted by molar-refractivity contribution is -0.116. The third-order valence-electron chi connectivity index (χ3n) is 4.26. The summed E-state index contributed by atoms with van der Waals surface area (Å²) in [5.41, 5.74) is 2.52. The Morgan fingerprint density at radius 1 is 1.03 bits per heavy atom. The first-order valence-electron chi connectivity index (χ1n) is 9.26. The number of amides is 2. The van der Waals surface area contributed by atoms with Crippen molar-refractivity contribution in [3.63, 3.8) is 0 Å². The lowest BCUT2D eigenvalue weighted by Crippen LogP contribution is -2.17. The number of nitrogens with zero attached hydrogens (tertiary/aromatic N) is 3. The van der Waals surface area contributed by atoms with E-state index >= 15 is 0 Å². The zero-order valence-corrected chi connectivity index (χ0v) is 17.8. The lowest BCUT2D eigenvalue weighted by Gasteiger charge is -2.07. The van der Waals surface area contributed by atoms with Crippen molar-refractivity contribution in [3.05, 3.63) is 59.9 Å². The Morgan fingerprint density at radius 2 is 1.77 bits per heavy atom. The van der Waals surface area contributed by atoms with Crippen molar-refractivity contribution >= 4 is 35.0 Å². The van der Waals surface area contributed by atoms with Crippen molar-refractivity contribution in [2.75, 3.05) is 23.5 Å². The van der Waals surface area contributed by atoms with Gasteiger partial charge in [-0.1, -0.05) is 35.5 Å². The number of rotatable bonds is 8. The molecule has 3 aromatic rings. The fourth-order valence-corrected chi connectivity index (χ4v) is 3.37. The zero-order chi connectivity index (χ0) is 21.5. The Balaban J connectivity index is 1.52. The second-order valence-corrected chi connectivity index (χ2v) is 7.56. The van der Waals surface area contributed by atoms with E-state index in [0.29, 0.717) is 22.4 Å². The normalized spacial score (nSPS) is 10.5. The van der Waals surface area contributed by atoms with Crippen molar-refractivity contribution < 1.29 is 14.3 Å². The molecule has 0 saturated heterocycles. The van der Waals surface area contributed by atoms with Crippen molar-refractivity contribution in [1.29, 1.82) is 0 Å². The molecule has 2 aromatic carbocycles. The van der Waals surface area contributed by atoms with E-state index in [2.05, 4.69) is 20.8 Å². The van der Waals surface area contributed by atoms with Crippen molar-refractivity contribution in [1.82, 2.24) is 14.8 Å². The first-order valence-corrected chi connectivity index (χ1v) is 10.2. The second-order valence-electron chi connectivity index (χ2n) is 6.62. The molecular weight excluding hydrogens is 402 g/mol. The molecular formula is C21H23N5O3S. The molecule has 0 fully saturated rings. The second kappa shape index (κ2) is 9.93. The maximum atomic E-state index is 12.3. The number of ether oxygens (including phenoxy) is 1. The summed E-state index contributed by atoms with van der Waals surface area (Å²) in [7, 11) is 3.34. The van der Waals surface area contributed by atoms with Crippen molar-refractivity contribution in [2.24, 2.45) is 7.05 Å². The van der Waals surface area contributed by atoms with Crippen LogP contribution in [0, 0.1) is 6.92 Å². The van der Waals surface area contributed by atoms with Gasteiger partial charge in [-0.05, 0) is 31.2 Å². The first kappa shape index (κ1) is 21.4. The zero-order valence-electron chi connectivity index (χ0n) is 17.0. The average Bonchev–Trinajstić information content (AvgIpc) is 3.07. The fourth-order valence-electron chi connectivity index (χ4n) is 2.64. The number of nitrogens with one attached hydrogen (secondary N) is 2. The Kier molecular flexibility index (Phi) is 7.08. The summed E-state index contributed by atoms with van der Waals surface area (Å²) >= 11 is 1.26. The number of carbonyl (C=O) groups is 2. The molecule has 2 N–H and O–H groups in total. The molecule has 0 unspecified atom stereocenters. The van der Waals surface area contributed by atoms with Gasteiger partial charge >= 0.3 is 0 Å². The summed E-state index contributed by atoms with van der Waals surface area (Å²) in [6, 6.07) is 14.7. The minimum atomic E-state index is -0.215. The summed E-state index contributed by atoms with van der Waals surface area (Å²) in [6.45, 7) is 1.99. The molecule has 0 bridgehead atoms. The number of anilines is 2. The van der Waals surface area contributed by atoms with Crippen LogP contribution in [0.2, 0.25) is 0 Å². The molecule has 0 atom stereocenters. The predicted molar refractivity (Wildman–Crippen MR) is 117 cm³/mol. The van der Waals surface area contributed by atoms with Crippen LogP contribution in [0.25, 0.3) is 0 Å². The minimum absolute atomic E-state index is 0.0663. The topological polar surface area (TPSA) is 98.1 Å². The molecule has 0 aliphatic carbocycles. The Bertz CT molecular complexity index is 1030. The fraction of sp³-hybridized carbons (Fsp3) is 0.238. The summed E-state index contributed by atoms with van der Waals surface area (Å²) < 4.78 is 6.87. The largest absolute Gasteiger partial charge is 0.497 e. The number of hydrogen-bond acceptors (Lipinski definition) is 6. The summed E-state index contributed by atoms with van der Waals surface area (Å²) in [5, 5.41) is 14.4. The van der Waals surface area contributed by atoms with Crippen LogP contribution >= 0.6 is 11.8 Å². The number of aromatic nitrogens is 3. The van der Waals surface area contributed by atoms with E-state index in [1.807, 2.05) is 31.2 Å². The molecule has 3 rings (SSSR count). The van der Waals surface area contributed by atoms with Gasteiger partial charge in [-0.2, -0.15) is 0 Å². The Morgan fingerprint density at radius 3 is 2.50 bits per heavy atom. The highest BCUT2D eigenvalue weighted by Gasteiger charge is 2.15. The van der Waals surface area contributed by atoms with Crippen LogP contribution in [0.4, 0.5) is 11.4 Å². The molecule has 0 aliphatic heterocycles. The predicted octanol–water partition coefficient (Wildman–Crippen LogP) is 3.04. The van der Waals surface area contributed by atoms with Gasteiger partial charge in [0.05, 0.1) is 19.3 Å². The molecule has 0 spiro atoms. The average molecular weight is 426 g/mol. The quantitative estimate of drug-likeness (QED) is 0.539. The Hall–Kier alpha value is -3.33. The Labute approximate surface area is 179 Å². The molecule has 9 heteroatoms. The van der Waals surface area contributed by atoms with Gasteiger partial charge in [-0.25, -0.2) is 0 Å². The maximum absolute atomic E-state index is 12.3. The van der Waals surface area contributed by atoms with Gasteiger partial charge in [-0.3, -0.25) is 9.59 Å². The molecule has 1 heterocycles. The van der Waals surface area contributed by atoms with E-state index in [0.717, 1.165) is 11.3 Å². The summed E-state index contributed by atoms with van der Waals surface area (Å²) in [6.07, 6.45) is 0.0663. The summed E-state index contributed by atoms with van der Waals surface area (Å²) in [4.78, 5) is 24.5. The highest BCUT2D eigenvalue weighted by Crippen LogP contribution is 2.19. The number of carbonyl (C=O) groups excluding carboxylic acids is 2. The molecule has 0 aliphatic rings. The van der Waals surface area contributed by atoms with E-state index in [1.54, 1.807) is 43.0 Å². The minimum Gasteiger partial charge on any atom is -0.497 e. The van der Waals surface area contributed by atoms with E-state index in [-0.39, 0.29) is 24.0 Å². The molecule has 1 aromatic heterocycles. The number of aryl methyl sites for hydroxylation is 1.